The zero-order valence-corrected chi connectivity index (χ0v) is 10.1. The van der Waals surface area contributed by atoms with Crippen molar-refractivity contribution in [3.05, 3.63) is 34.4 Å². The Balaban J connectivity index is 2.10. The Hall–Kier alpha value is -1.95. The number of carbonyl (C=O) groups is 1. The van der Waals surface area contributed by atoms with Crippen LogP contribution in [0.15, 0.2) is 24.3 Å². The van der Waals surface area contributed by atoms with Gasteiger partial charge in [0.1, 0.15) is 0 Å². The van der Waals surface area contributed by atoms with Crippen LogP contribution in [0, 0.1) is 10.1 Å². The van der Waals surface area contributed by atoms with Gasteiger partial charge in [-0.05, 0) is 31.5 Å². The molecule has 0 spiro atoms. The molecule has 0 aliphatic carbocycles. The molecular weight excluding hydrogens is 234 g/mol. The average Bonchev–Trinajstić information content (AvgIpc) is 2.91. The quantitative estimate of drug-likeness (QED) is 0.647. The van der Waals surface area contributed by atoms with Gasteiger partial charge in [-0.15, -0.1) is 0 Å². The molecule has 6 heteroatoms. The number of anilines is 1. The van der Waals surface area contributed by atoms with Gasteiger partial charge in [0.05, 0.1) is 11.0 Å². The second-order valence-corrected chi connectivity index (χ2v) is 4.32. The predicted molar refractivity (Wildman–Crippen MR) is 67.5 cm³/mol. The standard InChI is InChI=1S/C12H15N3O3/c1-14(12(16)11-3-2-8-13-11)9-4-6-10(7-5-9)15(17)18/h4-7,11,13H,2-3,8H2,1H3/t11-/m0/s1. The molecule has 18 heavy (non-hydrogen) atoms. The third kappa shape index (κ3) is 2.48. The Kier molecular flexibility index (Phi) is 3.57. The van der Waals surface area contributed by atoms with Crippen LogP contribution in [0.25, 0.3) is 0 Å². The molecule has 0 radical (unpaired) electrons. The zero-order valence-electron chi connectivity index (χ0n) is 10.1. The fraction of sp³-hybridized carbons (Fsp3) is 0.417. The maximum Gasteiger partial charge on any atom is 0.269 e. The number of nitro benzene ring substituents is 1. The van der Waals surface area contributed by atoms with Crippen LogP contribution in [-0.2, 0) is 4.79 Å². The van der Waals surface area contributed by atoms with Gasteiger partial charge in [0.25, 0.3) is 5.69 Å². The van der Waals surface area contributed by atoms with Crippen LogP contribution in [0.5, 0.6) is 0 Å². The summed E-state index contributed by atoms with van der Waals surface area (Å²) in [5.41, 5.74) is 0.692. The number of benzene rings is 1. The first-order valence-electron chi connectivity index (χ1n) is 5.85. The van der Waals surface area contributed by atoms with Crippen LogP contribution in [0.4, 0.5) is 11.4 Å². The molecular formula is C12H15N3O3. The van der Waals surface area contributed by atoms with Gasteiger partial charge in [-0.1, -0.05) is 0 Å². The third-order valence-electron chi connectivity index (χ3n) is 3.14. The molecule has 1 N–H and O–H groups in total. The van der Waals surface area contributed by atoms with Crippen molar-refractivity contribution in [3.8, 4) is 0 Å². The van der Waals surface area contributed by atoms with Crippen molar-refractivity contribution in [2.75, 3.05) is 18.5 Å². The number of carbonyl (C=O) groups excluding carboxylic acids is 1. The lowest BCUT2D eigenvalue weighted by atomic mass is 10.2. The third-order valence-corrected chi connectivity index (χ3v) is 3.14. The van der Waals surface area contributed by atoms with E-state index in [4.69, 9.17) is 0 Å². The van der Waals surface area contributed by atoms with Crippen molar-refractivity contribution in [1.29, 1.82) is 0 Å². The summed E-state index contributed by atoms with van der Waals surface area (Å²) in [5, 5.41) is 13.7. The molecule has 1 aromatic carbocycles. The minimum atomic E-state index is -0.454. The topological polar surface area (TPSA) is 75.5 Å². The molecule has 1 aliphatic heterocycles. The van der Waals surface area contributed by atoms with Crippen LogP contribution in [0.1, 0.15) is 12.8 Å². The summed E-state index contributed by atoms with van der Waals surface area (Å²) in [4.78, 5) is 23.7. The summed E-state index contributed by atoms with van der Waals surface area (Å²) in [6.45, 7) is 0.866. The van der Waals surface area contributed by atoms with Crippen molar-refractivity contribution in [2.45, 2.75) is 18.9 Å². The number of amides is 1. The minimum Gasteiger partial charge on any atom is -0.314 e. The molecule has 1 heterocycles. The SMILES string of the molecule is CN(C(=O)[C@@H]1CCCN1)c1ccc([N+](=O)[O-])cc1. The van der Waals surface area contributed by atoms with Gasteiger partial charge < -0.3 is 10.2 Å². The highest BCUT2D eigenvalue weighted by Gasteiger charge is 2.25. The predicted octanol–water partition coefficient (Wildman–Crippen LogP) is 1.31. The first kappa shape index (κ1) is 12.5. The molecule has 1 saturated heterocycles. The molecule has 2 rings (SSSR count). The van der Waals surface area contributed by atoms with Crippen LogP contribution in [0.3, 0.4) is 0 Å². The fourth-order valence-electron chi connectivity index (χ4n) is 2.05. The summed E-state index contributed by atoms with van der Waals surface area (Å²) in [6.07, 6.45) is 1.85. The Morgan fingerprint density at radius 3 is 2.61 bits per heavy atom. The normalized spacial score (nSPS) is 18.6. The van der Waals surface area contributed by atoms with Gasteiger partial charge in [-0.3, -0.25) is 14.9 Å². The smallest absolute Gasteiger partial charge is 0.269 e. The van der Waals surface area contributed by atoms with E-state index in [1.54, 1.807) is 19.2 Å². The van der Waals surface area contributed by atoms with Crippen LogP contribution in [0.2, 0.25) is 0 Å². The monoisotopic (exact) mass is 249 g/mol. The largest absolute Gasteiger partial charge is 0.314 e. The van der Waals surface area contributed by atoms with Crippen molar-refractivity contribution < 1.29 is 9.72 Å². The molecule has 1 aromatic rings. The lowest BCUT2D eigenvalue weighted by Gasteiger charge is -2.21. The van der Waals surface area contributed by atoms with E-state index in [-0.39, 0.29) is 17.6 Å². The van der Waals surface area contributed by atoms with E-state index in [0.717, 1.165) is 19.4 Å². The number of likely N-dealkylation sites (N-methyl/N-ethyl adjacent to an activating group) is 1. The number of nitrogens with zero attached hydrogens (tertiary/aromatic N) is 2. The van der Waals surface area contributed by atoms with Gasteiger partial charge in [0, 0.05) is 24.9 Å². The highest BCUT2D eigenvalue weighted by Crippen LogP contribution is 2.20. The Bertz CT molecular complexity index is 452. The van der Waals surface area contributed by atoms with Crippen molar-refractivity contribution >= 4 is 17.3 Å². The average molecular weight is 249 g/mol. The molecule has 1 atom stereocenters. The summed E-state index contributed by atoms with van der Waals surface area (Å²) in [6, 6.07) is 5.85. The van der Waals surface area contributed by atoms with Crippen molar-refractivity contribution in [1.82, 2.24) is 5.32 Å². The van der Waals surface area contributed by atoms with Crippen molar-refractivity contribution in [2.24, 2.45) is 0 Å². The lowest BCUT2D eigenvalue weighted by molar-refractivity contribution is -0.384. The molecule has 0 unspecified atom stereocenters. The number of non-ortho nitro benzene ring substituents is 1. The minimum absolute atomic E-state index is 0.00125. The number of hydrogen-bond acceptors (Lipinski definition) is 4. The molecule has 1 amide bonds. The fourth-order valence-corrected chi connectivity index (χ4v) is 2.05. The van der Waals surface area contributed by atoms with Gasteiger partial charge in [-0.25, -0.2) is 0 Å². The zero-order chi connectivity index (χ0) is 13.1. The van der Waals surface area contributed by atoms with Gasteiger partial charge in [0.15, 0.2) is 0 Å². The highest BCUT2D eigenvalue weighted by atomic mass is 16.6. The maximum absolute atomic E-state index is 12.1. The molecule has 0 bridgehead atoms. The molecule has 6 nitrogen and oxygen atoms in total. The number of hydrogen-bond donors (Lipinski definition) is 1. The van der Waals surface area contributed by atoms with Crippen LogP contribution < -0.4 is 10.2 Å². The van der Waals surface area contributed by atoms with Gasteiger partial charge in [-0.2, -0.15) is 0 Å². The molecule has 0 saturated carbocycles. The molecule has 1 aliphatic rings. The Labute approximate surface area is 105 Å². The van der Waals surface area contributed by atoms with E-state index >= 15 is 0 Å². The van der Waals surface area contributed by atoms with Crippen LogP contribution in [-0.4, -0.2) is 30.5 Å². The maximum atomic E-state index is 12.1. The van der Waals surface area contributed by atoms with Gasteiger partial charge in [0.2, 0.25) is 5.91 Å². The second-order valence-electron chi connectivity index (χ2n) is 4.32. The summed E-state index contributed by atoms with van der Waals surface area (Å²) >= 11 is 0. The van der Waals surface area contributed by atoms with Gasteiger partial charge >= 0.3 is 0 Å². The summed E-state index contributed by atoms with van der Waals surface area (Å²) in [5.74, 6) is 0.00125. The highest BCUT2D eigenvalue weighted by molar-refractivity contribution is 5.96. The van der Waals surface area contributed by atoms with E-state index in [0.29, 0.717) is 5.69 Å². The van der Waals surface area contributed by atoms with E-state index in [9.17, 15) is 14.9 Å². The first-order chi connectivity index (χ1) is 8.59. The first-order valence-corrected chi connectivity index (χ1v) is 5.85. The lowest BCUT2D eigenvalue weighted by Crippen LogP contribution is -2.41. The van der Waals surface area contributed by atoms with E-state index in [1.807, 2.05) is 0 Å². The van der Waals surface area contributed by atoms with Crippen LogP contribution >= 0.6 is 0 Å². The molecule has 0 aromatic heterocycles. The number of nitro groups is 1. The number of rotatable bonds is 3. The summed E-state index contributed by atoms with van der Waals surface area (Å²) in [7, 11) is 1.68. The van der Waals surface area contributed by atoms with E-state index < -0.39 is 4.92 Å². The number of nitrogens with one attached hydrogen (secondary N) is 1. The second kappa shape index (κ2) is 5.14. The van der Waals surface area contributed by atoms with E-state index in [1.165, 1.54) is 17.0 Å². The molecule has 1 fully saturated rings. The Morgan fingerprint density at radius 1 is 1.44 bits per heavy atom. The molecule has 96 valence electrons. The van der Waals surface area contributed by atoms with E-state index in [2.05, 4.69) is 5.32 Å². The Morgan fingerprint density at radius 2 is 2.11 bits per heavy atom. The van der Waals surface area contributed by atoms with Crippen molar-refractivity contribution in [3.63, 3.8) is 0 Å². The summed E-state index contributed by atoms with van der Waals surface area (Å²) < 4.78 is 0.